The van der Waals surface area contributed by atoms with Crippen LogP contribution in [0.4, 0.5) is 0 Å². The lowest BCUT2D eigenvalue weighted by Gasteiger charge is -2.28. The van der Waals surface area contributed by atoms with Crippen molar-refractivity contribution in [2.24, 2.45) is 5.41 Å². The van der Waals surface area contributed by atoms with Crippen LogP contribution < -0.4 is 0 Å². The van der Waals surface area contributed by atoms with Crippen LogP contribution in [0.1, 0.15) is 35.3 Å². The summed E-state index contributed by atoms with van der Waals surface area (Å²) in [6.07, 6.45) is 8.26. The topological polar surface area (TPSA) is 71.3 Å². The van der Waals surface area contributed by atoms with Crippen LogP contribution in [-0.4, -0.2) is 55.8 Å². The van der Waals surface area contributed by atoms with Crippen LogP contribution in [0, 0.1) is 5.41 Å². The monoisotopic (exact) mass is 491 g/mol. The summed E-state index contributed by atoms with van der Waals surface area (Å²) in [5, 5.41) is 0. The average molecular weight is 492 g/mol. The molecular formula is C30H29N5O2. The van der Waals surface area contributed by atoms with Gasteiger partial charge in [0, 0.05) is 43.8 Å². The number of hydrogen-bond donors (Lipinski definition) is 0. The molecule has 0 N–H and O–H groups in total. The molecule has 2 amide bonds. The minimum atomic E-state index is -0.465. The zero-order valence-electron chi connectivity index (χ0n) is 20.8. The van der Waals surface area contributed by atoms with Crippen molar-refractivity contribution in [2.45, 2.75) is 31.8 Å². The summed E-state index contributed by atoms with van der Waals surface area (Å²) in [5.41, 5.74) is 4.24. The second kappa shape index (κ2) is 9.32. The molecule has 2 aliphatic rings. The highest BCUT2D eigenvalue weighted by atomic mass is 16.2. The van der Waals surface area contributed by atoms with Crippen LogP contribution in [0.3, 0.4) is 0 Å². The van der Waals surface area contributed by atoms with Gasteiger partial charge in [-0.1, -0.05) is 48.5 Å². The highest BCUT2D eigenvalue weighted by Crippen LogP contribution is 2.55. The third kappa shape index (κ3) is 4.65. The second-order valence-electron chi connectivity index (χ2n) is 10.3. The molecule has 2 aromatic carbocycles. The quantitative estimate of drug-likeness (QED) is 0.396. The molecule has 37 heavy (non-hydrogen) atoms. The van der Waals surface area contributed by atoms with Crippen molar-refractivity contribution in [3.05, 3.63) is 103 Å². The van der Waals surface area contributed by atoms with Gasteiger partial charge in [-0.2, -0.15) is 0 Å². The van der Waals surface area contributed by atoms with Crippen molar-refractivity contribution in [1.82, 2.24) is 24.3 Å². The Balaban J connectivity index is 1.19. The maximum atomic E-state index is 13.7. The molecule has 1 aliphatic heterocycles. The van der Waals surface area contributed by atoms with Gasteiger partial charge in [0.05, 0.1) is 12.0 Å². The van der Waals surface area contributed by atoms with Crippen LogP contribution in [0.25, 0.3) is 16.9 Å². The van der Waals surface area contributed by atoms with E-state index in [2.05, 4.69) is 9.97 Å². The van der Waals surface area contributed by atoms with E-state index in [0.29, 0.717) is 18.8 Å². The van der Waals surface area contributed by atoms with E-state index in [1.54, 1.807) is 28.4 Å². The van der Waals surface area contributed by atoms with Crippen LogP contribution in [0.15, 0.2) is 91.5 Å². The molecule has 186 valence electrons. The molecule has 3 heterocycles. The molecule has 7 nitrogen and oxygen atoms in total. The van der Waals surface area contributed by atoms with Crippen LogP contribution in [-0.2, 0) is 11.3 Å². The van der Waals surface area contributed by atoms with Crippen LogP contribution in [0.2, 0.25) is 0 Å². The highest BCUT2D eigenvalue weighted by molar-refractivity contribution is 5.97. The number of amides is 2. The molecule has 0 bridgehead atoms. The minimum absolute atomic E-state index is 0.0185. The maximum absolute atomic E-state index is 13.7. The zero-order chi connectivity index (χ0) is 25.4. The number of imidazole rings is 1. The van der Waals surface area contributed by atoms with E-state index in [1.807, 2.05) is 84.5 Å². The number of pyridine rings is 1. The summed E-state index contributed by atoms with van der Waals surface area (Å²) < 4.78 is 1.94. The van der Waals surface area contributed by atoms with E-state index in [4.69, 9.17) is 0 Å². The standard InChI is InChI=1S/C30H29N5O2/c1-33(19-22-10-12-24(13-11-22)34-17-16-31-21-34)29(37)27-18-30(14-15-30)20-35(27)28(36)26-9-5-8-25(32-26)23-6-3-2-4-7-23/h2-13,16-17,21,27H,14-15,18-20H2,1H3/t27-/m1/s1. The van der Waals surface area contributed by atoms with E-state index in [0.717, 1.165) is 41.8 Å². The average Bonchev–Trinajstić information content (AvgIpc) is 3.30. The predicted octanol–water partition coefficient (Wildman–Crippen LogP) is 4.59. The van der Waals surface area contributed by atoms with Crippen molar-refractivity contribution < 1.29 is 9.59 Å². The number of hydrogen-bond acceptors (Lipinski definition) is 4. The Hall–Kier alpha value is -4.26. The Labute approximate surface area is 216 Å². The summed E-state index contributed by atoms with van der Waals surface area (Å²) in [7, 11) is 1.82. The highest BCUT2D eigenvalue weighted by Gasteiger charge is 2.55. The molecule has 1 spiro atoms. The first-order valence-corrected chi connectivity index (χ1v) is 12.7. The van der Waals surface area contributed by atoms with E-state index in [1.165, 1.54) is 0 Å². The number of nitrogens with zero attached hydrogens (tertiary/aromatic N) is 5. The summed E-state index contributed by atoms with van der Waals surface area (Å²) >= 11 is 0. The van der Waals surface area contributed by atoms with E-state index in [-0.39, 0.29) is 17.2 Å². The fourth-order valence-corrected chi connectivity index (χ4v) is 5.29. The van der Waals surface area contributed by atoms with Gasteiger partial charge in [0.15, 0.2) is 0 Å². The van der Waals surface area contributed by atoms with Gasteiger partial charge in [-0.3, -0.25) is 9.59 Å². The molecule has 2 fully saturated rings. The Morgan fingerprint density at radius 1 is 1.00 bits per heavy atom. The van der Waals surface area contributed by atoms with Crippen molar-refractivity contribution in [2.75, 3.05) is 13.6 Å². The molecule has 1 atom stereocenters. The van der Waals surface area contributed by atoms with Gasteiger partial charge >= 0.3 is 0 Å². The lowest BCUT2D eigenvalue weighted by atomic mass is 10.0. The second-order valence-corrected chi connectivity index (χ2v) is 10.3. The molecule has 1 aliphatic carbocycles. The number of carbonyl (C=O) groups excluding carboxylic acids is 2. The predicted molar refractivity (Wildman–Crippen MR) is 141 cm³/mol. The number of likely N-dealkylation sites (N-methyl/N-ethyl adjacent to an activating group) is 1. The Morgan fingerprint density at radius 3 is 2.49 bits per heavy atom. The van der Waals surface area contributed by atoms with Gasteiger partial charge in [-0.15, -0.1) is 0 Å². The van der Waals surface area contributed by atoms with E-state index < -0.39 is 6.04 Å². The number of rotatable bonds is 6. The van der Waals surface area contributed by atoms with Gasteiger partial charge in [0.25, 0.3) is 5.91 Å². The van der Waals surface area contributed by atoms with Gasteiger partial charge in [0.2, 0.25) is 5.91 Å². The van der Waals surface area contributed by atoms with Crippen molar-refractivity contribution in [1.29, 1.82) is 0 Å². The lowest BCUT2D eigenvalue weighted by Crippen LogP contribution is -2.46. The molecule has 1 saturated heterocycles. The molecule has 1 saturated carbocycles. The van der Waals surface area contributed by atoms with Crippen LogP contribution >= 0.6 is 0 Å². The fourth-order valence-electron chi connectivity index (χ4n) is 5.29. The zero-order valence-corrected chi connectivity index (χ0v) is 20.8. The van der Waals surface area contributed by atoms with E-state index >= 15 is 0 Å². The van der Waals surface area contributed by atoms with Gasteiger partial charge in [-0.25, -0.2) is 9.97 Å². The van der Waals surface area contributed by atoms with Crippen molar-refractivity contribution in [3.8, 4) is 16.9 Å². The molecule has 4 aromatic rings. The molecule has 0 radical (unpaired) electrons. The molecule has 7 heteroatoms. The number of benzene rings is 2. The summed E-state index contributed by atoms with van der Waals surface area (Å²) in [5.74, 6) is -0.187. The van der Waals surface area contributed by atoms with Gasteiger partial charge in [-0.05, 0) is 54.5 Å². The van der Waals surface area contributed by atoms with Crippen molar-refractivity contribution in [3.63, 3.8) is 0 Å². The lowest BCUT2D eigenvalue weighted by molar-refractivity contribution is -0.134. The first-order valence-electron chi connectivity index (χ1n) is 12.7. The normalized spacial score (nSPS) is 17.6. The number of carbonyl (C=O) groups is 2. The van der Waals surface area contributed by atoms with Crippen LogP contribution in [0.5, 0.6) is 0 Å². The van der Waals surface area contributed by atoms with Gasteiger partial charge < -0.3 is 14.4 Å². The molecule has 0 unspecified atom stereocenters. The fraction of sp³-hybridized carbons (Fsp3) is 0.267. The number of likely N-dealkylation sites (tertiary alicyclic amines) is 1. The Kier molecular flexibility index (Phi) is 5.83. The first-order chi connectivity index (χ1) is 18.0. The SMILES string of the molecule is CN(Cc1ccc(-n2ccnc2)cc1)C(=O)[C@H]1CC2(CC2)CN1C(=O)c1cccc(-c2ccccc2)n1. The number of aromatic nitrogens is 3. The third-order valence-corrected chi connectivity index (χ3v) is 7.58. The Bertz CT molecular complexity index is 1410. The molecule has 2 aromatic heterocycles. The third-order valence-electron chi connectivity index (χ3n) is 7.58. The maximum Gasteiger partial charge on any atom is 0.273 e. The van der Waals surface area contributed by atoms with Gasteiger partial charge in [0.1, 0.15) is 11.7 Å². The smallest absolute Gasteiger partial charge is 0.273 e. The minimum Gasteiger partial charge on any atom is -0.340 e. The Morgan fingerprint density at radius 2 is 1.78 bits per heavy atom. The molecular weight excluding hydrogens is 462 g/mol. The summed E-state index contributed by atoms with van der Waals surface area (Å²) in [4.78, 5) is 39.6. The van der Waals surface area contributed by atoms with Crippen molar-refractivity contribution >= 4 is 11.8 Å². The molecule has 6 rings (SSSR count). The first kappa shape index (κ1) is 23.2. The van der Waals surface area contributed by atoms with E-state index in [9.17, 15) is 9.59 Å². The largest absolute Gasteiger partial charge is 0.340 e. The summed E-state index contributed by atoms with van der Waals surface area (Å²) in [6, 6.07) is 23.0. The summed E-state index contributed by atoms with van der Waals surface area (Å²) in [6.45, 7) is 1.10.